The summed E-state index contributed by atoms with van der Waals surface area (Å²) < 4.78 is 4.15. The highest BCUT2D eigenvalue weighted by molar-refractivity contribution is 8.06. The fourth-order valence-corrected chi connectivity index (χ4v) is 0.842. The van der Waals surface area contributed by atoms with Crippen LogP contribution in [0.3, 0.4) is 0 Å². The smallest absolute Gasteiger partial charge is 0.329 e. The fourth-order valence-electron chi connectivity index (χ4n) is 0.568. The van der Waals surface area contributed by atoms with E-state index in [0.717, 1.165) is 0 Å². The normalized spacial score (nSPS) is 11.2. The van der Waals surface area contributed by atoms with Crippen molar-refractivity contribution >= 4 is 18.5 Å². The molecule has 12 heavy (non-hydrogen) atoms. The molecule has 0 aliphatic carbocycles. The second kappa shape index (κ2) is 3.98. The Morgan fingerprint density at radius 1 is 1.17 bits per heavy atom. The van der Waals surface area contributed by atoms with Crippen LogP contribution in [-0.4, -0.2) is 9.79 Å². The topological polar surface area (TPSA) is 58.9 Å². The standard InChI is InChI=1S/C6H7O4PS/c7-11(8,12)10-9-6-4-2-1-3-5-6/h1-5H,(H2,7,8,12). The van der Waals surface area contributed by atoms with Gasteiger partial charge >= 0.3 is 6.72 Å². The molecule has 1 rings (SSSR count). The lowest BCUT2D eigenvalue weighted by molar-refractivity contribution is -0.110. The van der Waals surface area contributed by atoms with E-state index >= 15 is 0 Å². The van der Waals surface area contributed by atoms with Crippen molar-refractivity contribution < 1.29 is 19.3 Å². The first-order valence-corrected chi connectivity index (χ1v) is 5.67. The minimum Gasteiger partial charge on any atom is -0.329 e. The van der Waals surface area contributed by atoms with Crippen LogP contribution in [0.2, 0.25) is 0 Å². The van der Waals surface area contributed by atoms with Crippen LogP contribution < -0.4 is 4.89 Å². The summed E-state index contributed by atoms with van der Waals surface area (Å²) in [7, 11) is 0. The first kappa shape index (κ1) is 9.64. The molecule has 6 heteroatoms. The van der Waals surface area contributed by atoms with E-state index < -0.39 is 6.72 Å². The van der Waals surface area contributed by atoms with Gasteiger partial charge in [0, 0.05) is 0 Å². The molecule has 0 heterocycles. The number of hydrogen-bond acceptors (Lipinski definition) is 3. The molecule has 1 aromatic rings. The zero-order chi connectivity index (χ0) is 9.03. The lowest BCUT2D eigenvalue weighted by Gasteiger charge is -2.06. The van der Waals surface area contributed by atoms with Crippen LogP contribution in [-0.2, 0) is 16.5 Å². The van der Waals surface area contributed by atoms with Gasteiger partial charge in [-0.3, -0.25) is 0 Å². The molecule has 0 aromatic heterocycles. The van der Waals surface area contributed by atoms with Crippen molar-refractivity contribution in [1.82, 2.24) is 0 Å². The highest BCUT2D eigenvalue weighted by Crippen LogP contribution is 2.36. The van der Waals surface area contributed by atoms with Gasteiger partial charge in [-0.2, -0.15) is 0 Å². The van der Waals surface area contributed by atoms with E-state index in [1.165, 1.54) is 0 Å². The maximum atomic E-state index is 8.61. The van der Waals surface area contributed by atoms with Gasteiger partial charge in [-0.1, -0.05) is 18.2 Å². The summed E-state index contributed by atoms with van der Waals surface area (Å²) in [6.07, 6.45) is 0. The Balaban J connectivity index is 2.50. The van der Waals surface area contributed by atoms with Gasteiger partial charge in [-0.15, -0.1) is 4.67 Å². The largest absolute Gasteiger partial charge is 0.361 e. The molecule has 1 aromatic carbocycles. The van der Waals surface area contributed by atoms with E-state index in [1.54, 1.807) is 30.3 Å². The summed E-state index contributed by atoms with van der Waals surface area (Å²) in [6, 6.07) is 8.44. The summed E-state index contributed by atoms with van der Waals surface area (Å²) in [5.41, 5.74) is 0. The Labute approximate surface area is 74.6 Å². The third-order valence-corrected chi connectivity index (χ3v) is 1.43. The molecule has 0 saturated heterocycles. The van der Waals surface area contributed by atoms with Gasteiger partial charge in [0.05, 0.1) is 0 Å². The second-order valence-electron chi connectivity index (χ2n) is 1.96. The van der Waals surface area contributed by atoms with Gasteiger partial charge in [-0.05, 0) is 23.9 Å². The summed E-state index contributed by atoms with van der Waals surface area (Å²) in [6.45, 7) is -3.72. The molecular formula is C6H7O4PS. The molecule has 0 fully saturated rings. The van der Waals surface area contributed by atoms with E-state index in [9.17, 15) is 0 Å². The first-order valence-electron chi connectivity index (χ1n) is 3.05. The Morgan fingerprint density at radius 2 is 1.75 bits per heavy atom. The predicted molar refractivity (Wildman–Crippen MR) is 46.9 cm³/mol. The van der Waals surface area contributed by atoms with E-state index in [1.807, 2.05) is 0 Å². The SMILES string of the molecule is OP(O)(=S)OOc1ccccc1. The van der Waals surface area contributed by atoms with Gasteiger partial charge in [0.1, 0.15) is 0 Å². The lowest BCUT2D eigenvalue weighted by Crippen LogP contribution is -1.93. The molecule has 0 aliphatic heterocycles. The van der Waals surface area contributed by atoms with Crippen LogP contribution in [0.15, 0.2) is 30.3 Å². The summed E-state index contributed by atoms with van der Waals surface area (Å²) in [4.78, 5) is 21.7. The van der Waals surface area contributed by atoms with Crippen LogP contribution >= 0.6 is 6.72 Å². The van der Waals surface area contributed by atoms with Crippen molar-refractivity contribution in [3.05, 3.63) is 30.3 Å². The Hall–Kier alpha value is -0.450. The van der Waals surface area contributed by atoms with Gasteiger partial charge in [0.2, 0.25) is 0 Å². The lowest BCUT2D eigenvalue weighted by atomic mass is 10.3. The summed E-state index contributed by atoms with van der Waals surface area (Å²) >= 11 is 4.16. The molecule has 0 saturated carbocycles. The van der Waals surface area contributed by atoms with Crippen LogP contribution in [0.25, 0.3) is 0 Å². The zero-order valence-corrected chi connectivity index (χ0v) is 7.66. The van der Waals surface area contributed by atoms with Gasteiger partial charge in [0.15, 0.2) is 5.75 Å². The molecule has 0 spiro atoms. The van der Waals surface area contributed by atoms with Crippen molar-refractivity contribution in [1.29, 1.82) is 0 Å². The maximum absolute atomic E-state index is 8.61. The molecular weight excluding hydrogens is 199 g/mol. The van der Waals surface area contributed by atoms with Gasteiger partial charge in [0.25, 0.3) is 0 Å². The molecule has 0 bridgehead atoms. The minimum absolute atomic E-state index is 0.370. The summed E-state index contributed by atoms with van der Waals surface area (Å²) in [5.74, 6) is 0.370. The minimum atomic E-state index is -3.72. The molecule has 0 amide bonds. The Bertz CT molecular complexity index is 283. The predicted octanol–water partition coefficient (Wildman–Crippen LogP) is 1.21. The van der Waals surface area contributed by atoms with Crippen molar-refractivity contribution in [2.24, 2.45) is 0 Å². The number of hydrogen-bond donors (Lipinski definition) is 2. The van der Waals surface area contributed by atoms with E-state index in [4.69, 9.17) is 9.79 Å². The highest BCUT2D eigenvalue weighted by Gasteiger charge is 2.09. The zero-order valence-electron chi connectivity index (χ0n) is 5.95. The quantitative estimate of drug-likeness (QED) is 0.442. The van der Waals surface area contributed by atoms with Crippen molar-refractivity contribution in [3.63, 3.8) is 0 Å². The fraction of sp³-hybridized carbons (Fsp3) is 0. The Kier molecular flexibility index (Phi) is 3.20. The summed E-state index contributed by atoms with van der Waals surface area (Å²) in [5, 5.41) is 0. The van der Waals surface area contributed by atoms with Crippen LogP contribution in [0.4, 0.5) is 0 Å². The molecule has 2 N–H and O–H groups in total. The molecule has 0 aliphatic rings. The number of rotatable bonds is 3. The van der Waals surface area contributed by atoms with Crippen LogP contribution in [0.1, 0.15) is 0 Å². The van der Waals surface area contributed by atoms with Crippen molar-refractivity contribution in [3.8, 4) is 5.75 Å². The highest BCUT2D eigenvalue weighted by atomic mass is 32.5. The van der Waals surface area contributed by atoms with E-state index in [-0.39, 0.29) is 0 Å². The van der Waals surface area contributed by atoms with Crippen LogP contribution in [0, 0.1) is 0 Å². The molecule has 66 valence electrons. The third kappa shape index (κ3) is 3.80. The molecule has 0 unspecified atom stereocenters. The van der Waals surface area contributed by atoms with Crippen molar-refractivity contribution in [2.75, 3.05) is 0 Å². The van der Waals surface area contributed by atoms with Crippen LogP contribution in [0.5, 0.6) is 5.75 Å². The number of benzene rings is 1. The Morgan fingerprint density at radius 3 is 2.25 bits per heavy atom. The number of para-hydroxylation sites is 1. The first-order chi connectivity index (χ1) is 5.58. The van der Waals surface area contributed by atoms with E-state index in [0.29, 0.717) is 5.75 Å². The average molecular weight is 206 g/mol. The maximum Gasteiger partial charge on any atom is 0.361 e. The van der Waals surface area contributed by atoms with Crippen molar-refractivity contribution in [2.45, 2.75) is 0 Å². The molecule has 0 radical (unpaired) electrons. The van der Waals surface area contributed by atoms with E-state index in [2.05, 4.69) is 21.4 Å². The monoisotopic (exact) mass is 206 g/mol. The average Bonchev–Trinajstić information content (AvgIpc) is 2.02. The third-order valence-electron chi connectivity index (χ3n) is 0.974. The van der Waals surface area contributed by atoms with Gasteiger partial charge in [-0.25, -0.2) is 0 Å². The molecule has 0 atom stereocenters. The molecule has 4 nitrogen and oxygen atoms in total. The van der Waals surface area contributed by atoms with Gasteiger partial charge < -0.3 is 14.7 Å². The second-order valence-corrected chi connectivity index (χ2v) is 4.52.